The molecule has 1 rings (SSSR count). The van der Waals surface area contributed by atoms with Gasteiger partial charge in [0.2, 0.25) is 5.91 Å². The van der Waals surface area contributed by atoms with Gasteiger partial charge >= 0.3 is 0 Å². The highest BCUT2D eigenvalue weighted by Crippen LogP contribution is 2.18. The zero-order valence-electron chi connectivity index (χ0n) is 9.97. The Morgan fingerprint density at radius 2 is 1.67 bits per heavy atom. The Morgan fingerprint density at radius 1 is 1.13 bits per heavy atom. The molecule has 4 nitrogen and oxygen atoms in total. The van der Waals surface area contributed by atoms with Crippen LogP contribution in [0.4, 0.5) is 0 Å². The number of carbonyl (C=O) groups is 1. The van der Waals surface area contributed by atoms with Gasteiger partial charge in [0, 0.05) is 12.1 Å². The number of hydrogen-bond acceptors (Lipinski definition) is 3. The summed E-state index contributed by atoms with van der Waals surface area (Å²) in [7, 11) is 3.81. The van der Waals surface area contributed by atoms with Crippen molar-refractivity contribution >= 4 is 5.91 Å². The smallest absolute Gasteiger partial charge is 0.237 e. The van der Waals surface area contributed by atoms with E-state index in [-0.39, 0.29) is 11.9 Å². The van der Waals surface area contributed by atoms with Crippen LogP contribution in [0, 0.1) is 0 Å². The Hall–Kier alpha value is -0.610. The summed E-state index contributed by atoms with van der Waals surface area (Å²) in [4.78, 5) is 11.6. The van der Waals surface area contributed by atoms with Crippen molar-refractivity contribution in [3.8, 4) is 0 Å². The average molecular weight is 213 g/mol. The van der Waals surface area contributed by atoms with Gasteiger partial charge in [-0.05, 0) is 46.7 Å². The van der Waals surface area contributed by atoms with Crippen molar-refractivity contribution in [1.82, 2.24) is 16.0 Å². The van der Waals surface area contributed by atoms with Crippen LogP contribution >= 0.6 is 0 Å². The molecule has 1 fully saturated rings. The van der Waals surface area contributed by atoms with Gasteiger partial charge in [-0.2, -0.15) is 0 Å². The van der Waals surface area contributed by atoms with Crippen molar-refractivity contribution in [1.29, 1.82) is 0 Å². The van der Waals surface area contributed by atoms with Gasteiger partial charge in [-0.15, -0.1) is 0 Å². The molecule has 0 heterocycles. The summed E-state index contributed by atoms with van der Waals surface area (Å²) in [6.45, 7) is 1.88. The first-order valence-corrected chi connectivity index (χ1v) is 5.82. The number of carbonyl (C=O) groups excluding carboxylic acids is 1. The Bertz CT molecular complexity index is 200. The molecule has 0 bridgehead atoms. The Balaban J connectivity index is 2.26. The highest BCUT2D eigenvalue weighted by Gasteiger charge is 2.22. The predicted molar refractivity (Wildman–Crippen MR) is 61.8 cm³/mol. The fraction of sp³-hybridized carbons (Fsp3) is 0.909. The number of rotatable bonds is 4. The van der Waals surface area contributed by atoms with Gasteiger partial charge in [-0.3, -0.25) is 4.79 Å². The van der Waals surface area contributed by atoms with E-state index in [9.17, 15) is 4.79 Å². The molecule has 1 aliphatic carbocycles. The molecular formula is C11H23N3O. The van der Waals surface area contributed by atoms with Gasteiger partial charge in [0.25, 0.3) is 0 Å². The normalized spacial score (nSPS) is 28.5. The maximum Gasteiger partial charge on any atom is 0.237 e. The molecule has 0 aliphatic heterocycles. The van der Waals surface area contributed by atoms with Gasteiger partial charge in [-0.25, -0.2) is 0 Å². The van der Waals surface area contributed by atoms with Crippen molar-refractivity contribution in [2.24, 2.45) is 0 Å². The van der Waals surface area contributed by atoms with Crippen LogP contribution in [-0.4, -0.2) is 38.1 Å². The zero-order valence-corrected chi connectivity index (χ0v) is 9.97. The van der Waals surface area contributed by atoms with Crippen LogP contribution in [0.5, 0.6) is 0 Å². The molecule has 15 heavy (non-hydrogen) atoms. The van der Waals surface area contributed by atoms with Gasteiger partial charge in [0.15, 0.2) is 0 Å². The van der Waals surface area contributed by atoms with Gasteiger partial charge < -0.3 is 16.0 Å². The number of hydrogen-bond donors (Lipinski definition) is 3. The lowest BCUT2D eigenvalue weighted by Gasteiger charge is -2.29. The molecule has 1 amide bonds. The topological polar surface area (TPSA) is 53.2 Å². The molecule has 0 aromatic carbocycles. The molecule has 3 N–H and O–H groups in total. The molecule has 0 aromatic heterocycles. The van der Waals surface area contributed by atoms with Crippen LogP contribution in [0.15, 0.2) is 0 Å². The van der Waals surface area contributed by atoms with Crippen LogP contribution in [0.3, 0.4) is 0 Å². The largest absolute Gasteiger partial charge is 0.352 e. The maximum atomic E-state index is 11.6. The Labute approximate surface area is 92.2 Å². The average Bonchev–Trinajstić information content (AvgIpc) is 2.29. The van der Waals surface area contributed by atoms with Gasteiger partial charge in [-0.1, -0.05) is 0 Å². The lowest BCUT2D eigenvalue weighted by Crippen LogP contribution is -2.47. The molecule has 0 radical (unpaired) electrons. The monoisotopic (exact) mass is 213 g/mol. The van der Waals surface area contributed by atoms with Crippen molar-refractivity contribution in [3.05, 3.63) is 0 Å². The summed E-state index contributed by atoms with van der Waals surface area (Å²) in [5, 5.41) is 9.32. The van der Waals surface area contributed by atoms with Crippen LogP contribution < -0.4 is 16.0 Å². The van der Waals surface area contributed by atoms with Gasteiger partial charge in [0.1, 0.15) is 0 Å². The first kappa shape index (κ1) is 12.5. The van der Waals surface area contributed by atoms with Crippen LogP contribution in [0.1, 0.15) is 32.6 Å². The van der Waals surface area contributed by atoms with Crippen molar-refractivity contribution in [3.63, 3.8) is 0 Å². The van der Waals surface area contributed by atoms with E-state index >= 15 is 0 Å². The van der Waals surface area contributed by atoms with E-state index in [0.717, 1.165) is 25.7 Å². The minimum atomic E-state index is -0.0907. The SMILES string of the molecule is CNC1CCC(NC(=O)[C@H](C)NC)CC1. The van der Waals surface area contributed by atoms with E-state index in [2.05, 4.69) is 16.0 Å². The highest BCUT2D eigenvalue weighted by molar-refractivity contribution is 5.81. The molecular weight excluding hydrogens is 190 g/mol. The van der Waals surface area contributed by atoms with Crippen LogP contribution in [-0.2, 0) is 4.79 Å². The third kappa shape index (κ3) is 3.80. The van der Waals surface area contributed by atoms with Gasteiger partial charge in [0.05, 0.1) is 6.04 Å². The van der Waals surface area contributed by atoms with E-state index < -0.39 is 0 Å². The first-order chi connectivity index (χ1) is 7.17. The standard InChI is InChI=1S/C11H23N3O/c1-8(12-2)11(15)14-10-6-4-9(13-3)5-7-10/h8-10,12-13H,4-7H2,1-3H3,(H,14,15)/t8-,9?,10?/m0/s1. The second-order valence-corrected chi connectivity index (χ2v) is 4.36. The molecule has 1 saturated carbocycles. The summed E-state index contributed by atoms with van der Waals surface area (Å²) < 4.78 is 0. The first-order valence-electron chi connectivity index (χ1n) is 5.82. The molecule has 4 heteroatoms. The van der Waals surface area contributed by atoms with Crippen LogP contribution in [0.2, 0.25) is 0 Å². The minimum absolute atomic E-state index is 0.0907. The summed E-state index contributed by atoms with van der Waals surface area (Å²) in [6.07, 6.45) is 4.51. The molecule has 0 unspecified atom stereocenters. The number of likely N-dealkylation sites (N-methyl/N-ethyl adjacent to an activating group) is 1. The van der Waals surface area contributed by atoms with Crippen molar-refractivity contribution in [2.45, 2.75) is 50.7 Å². The molecule has 0 saturated heterocycles. The second-order valence-electron chi connectivity index (χ2n) is 4.36. The van der Waals surface area contributed by atoms with E-state index in [4.69, 9.17) is 0 Å². The van der Waals surface area contributed by atoms with Crippen molar-refractivity contribution in [2.75, 3.05) is 14.1 Å². The molecule has 0 spiro atoms. The van der Waals surface area contributed by atoms with Crippen molar-refractivity contribution < 1.29 is 4.79 Å². The maximum absolute atomic E-state index is 11.6. The van der Waals surface area contributed by atoms with E-state index in [1.807, 2.05) is 21.0 Å². The third-order valence-corrected chi connectivity index (χ3v) is 3.31. The third-order valence-electron chi connectivity index (χ3n) is 3.31. The Kier molecular flexibility index (Phi) is 5.05. The molecule has 1 atom stereocenters. The van der Waals surface area contributed by atoms with Crippen LogP contribution in [0.25, 0.3) is 0 Å². The van der Waals surface area contributed by atoms with E-state index in [0.29, 0.717) is 12.1 Å². The molecule has 0 aromatic rings. The fourth-order valence-electron chi connectivity index (χ4n) is 1.98. The summed E-state index contributed by atoms with van der Waals surface area (Å²) in [5.74, 6) is 0.116. The summed E-state index contributed by atoms with van der Waals surface area (Å²) in [6, 6.07) is 0.921. The second kappa shape index (κ2) is 6.08. The molecule has 1 aliphatic rings. The van der Waals surface area contributed by atoms with E-state index in [1.54, 1.807) is 0 Å². The number of nitrogens with one attached hydrogen (secondary N) is 3. The summed E-state index contributed by atoms with van der Waals surface area (Å²) >= 11 is 0. The lowest BCUT2D eigenvalue weighted by molar-refractivity contribution is -0.123. The predicted octanol–water partition coefficient (Wildman–Crippen LogP) is 0.241. The summed E-state index contributed by atoms with van der Waals surface area (Å²) in [5.41, 5.74) is 0. The highest BCUT2D eigenvalue weighted by atomic mass is 16.2. The zero-order chi connectivity index (χ0) is 11.3. The molecule has 88 valence electrons. The fourth-order valence-corrected chi connectivity index (χ4v) is 1.98. The minimum Gasteiger partial charge on any atom is -0.352 e. The lowest BCUT2D eigenvalue weighted by atomic mass is 9.91. The Morgan fingerprint density at radius 3 is 2.13 bits per heavy atom. The van der Waals surface area contributed by atoms with E-state index in [1.165, 1.54) is 0 Å². The quantitative estimate of drug-likeness (QED) is 0.627. The number of amides is 1.